The zero-order valence-electron chi connectivity index (χ0n) is 22.9. The largest absolute Gasteiger partial charge is 0.477 e. The molecule has 40 heavy (non-hydrogen) atoms. The number of hydrogen-bond donors (Lipinski definition) is 3. The van der Waals surface area contributed by atoms with Crippen molar-refractivity contribution in [3.8, 4) is 17.1 Å². The van der Waals surface area contributed by atoms with E-state index < -0.39 is 0 Å². The fourth-order valence-corrected chi connectivity index (χ4v) is 6.11. The van der Waals surface area contributed by atoms with E-state index in [9.17, 15) is 9.90 Å². The average molecular weight is 542 g/mol. The fourth-order valence-electron chi connectivity index (χ4n) is 6.11. The number of aliphatic hydroxyl groups is 1. The predicted octanol–water partition coefficient (Wildman–Crippen LogP) is 4.53. The smallest absolute Gasteiger partial charge is 0.258 e. The maximum absolute atomic E-state index is 13.7. The van der Waals surface area contributed by atoms with Gasteiger partial charge in [0.1, 0.15) is 0 Å². The molecule has 10 nitrogen and oxygen atoms in total. The minimum atomic E-state index is -0.227. The van der Waals surface area contributed by atoms with Crippen LogP contribution in [0.2, 0.25) is 0 Å². The second-order valence-corrected chi connectivity index (χ2v) is 11.6. The zero-order chi connectivity index (χ0) is 27.4. The number of imidazole rings is 1. The summed E-state index contributed by atoms with van der Waals surface area (Å²) in [6.45, 7) is 3.25. The van der Waals surface area contributed by atoms with Gasteiger partial charge in [0.2, 0.25) is 11.8 Å². The molecule has 3 aliphatic rings. The number of carbonyl (C=O) groups is 1. The summed E-state index contributed by atoms with van der Waals surface area (Å²) < 4.78 is 10.2. The van der Waals surface area contributed by atoms with Crippen LogP contribution in [0.1, 0.15) is 54.6 Å². The molecule has 3 N–H and O–H groups in total. The maximum Gasteiger partial charge on any atom is 0.258 e. The molecule has 0 unspecified atom stereocenters. The Balaban J connectivity index is 1.29. The van der Waals surface area contributed by atoms with Gasteiger partial charge in [0.25, 0.3) is 5.91 Å². The van der Waals surface area contributed by atoms with E-state index in [1.165, 1.54) is 12.8 Å². The molecular weight excluding hydrogens is 506 g/mol. The van der Waals surface area contributed by atoms with Gasteiger partial charge in [-0.15, -0.1) is 0 Å². The Bertz CT molecular complexity index is 1580. The number of anilines is 2. The molecule has 4 heterocycles. The molecule has 2 bridgehead atoms. The average Bonchev–Trinajstić information content (AvgIpc) is 3.62. The van der Waals surface area contributed by atoms with Crippen LogP contribution in [0.4, 0.5) is 11.6 Å². The van der Waals surface area contributed by atoms with Gasteiger partial charge in [-0.3, -0.25) is 15.1 Å². The number of amides is 1. The Labute approximate surface area is 232 Å². The third-order valence-electron chi connectivity index (χ3n) is 8.50. The summed E-state index contributed by atoms with van der Waals surface area (Å²) in [4.78, 5) is 23.2. The van der Waals surface area contributed by atoms with Crippen molar-refractivity contribution in [2.45, 2.75) is 64.1 Å². The van der Waals surface area contributed by atoms with E-state index in [4.69, 9.17) is 14.7 Å². The van der Waals surface area contributed by atoms with Gasteiger partial charge in [-0.25, -0.2) is 9.67 Å². The number of ether oxygens (including phenoxy) is 1. The third kappa shape index (κ3) is 4.81. The van der Waals surface area contributed by atoms with Crippen LogP contribution >= 0.6 is 0 Å². The quantitative estimate of drug-likeness (QED) is 0.349. The minimum Gasteiger partial charge on any atom is -0.477 e. The van der Waals surface area contributed by atoms with Crippen molar-refractivity contribution in [2.75, 3.05) is 17.2 Å². The van der Waals surface area contributed by atoms with Gasteiger partial charge in [0.15, 0.2) is 0 Å². The lowest BCUT2D eigenvalue weighted by atomic mass is 9.89. The number of aryl methyl sites for hydroxylation is 2. The second kappa shape index (κ2) is 9.92. The van der Waals surface area contributed by atoms with Gasteiger partial charge >= 0.3 is 0 Å². The van der Waals surface area contributed by atoms with E-state index in [2.05, 4.69) is 26.4 Å². The minimum absolute atomic E-state index is 0.214. The van der Waals surface area contributed by atoms with Crippen LogP contribution in [-0.2, 0) is 13.6 Å². The molecule has 7 rings (SSSR count). The lowest BCUT2D eigenvalue weighted by Gasteiger charge is -2.32. The van der Waals surface area contributed by atoms with Gasteiger partial charge in [0, 0.05) is 36.6 Å². The van der Waals surface area contributed by atoms with Gasteiger partial charge in [0.05, 0.1) is 41.2 Å². The standard InChI is InChI=1S/C30H35N7O3/c1-17-10-20-11-26(32-17)24-15-31-36(2)29(24)40-9-3-4-19(18-5-6-18)16-37-27-14-21(33-22-12-23(38)13-22)7-8-25(27)34-30(37)35-28(20)39/h7-8,10-11,14-15,18-19,22-23,33,38H,3-6,9,12-13,16H2,1-2H3,(H,34,35,39)/t19-,22?,23?/m1/s1. The topological polar surface area (TPSA) is 119 Å². The van der Waals surface area contributed by atoms with Crippen molar-refractivity contribution in [3.63, 3.8) is 0 Å². The number of hydrogen-bond acceptors (Lipinski definition) is 7. The molecule has 1 aliphatic heterocycles. The van der Waals surface area contributed by atoms with Crippen molar-refractivity contribution >= 4 is 28.6 Å². The first-order valence-electron chi connectivity index (χ1n) is 14.3. The first-order valence-corrected chi connectivity index (χ1v) is 14.3. The van der Waals surface area contributed by atoms with E-state index >= 15 is 0 Å². The summed E-state index contributed by atoms with van der Waals surface area (Å²) in [5.74, 6) is 2.13. The zero-order valence-corrected chi connectivity index (χ0v) is 22.9. The molecule has 208 valence electrons. The number of pyridine rings is 1. The Morgan fingerprint density at radius 2 is 1.95 bits per heavy atom. The van der Waals surface area contributed by atoms with Crippen LogP contribution in [-0.4, -0.2) is 54.1 Å². The first-order chi connectivity index (χ1) is 19.4. The number of benzene rings is 1. The second-order valence-electron chi connectivity index (χ2n) is 11.6. The molecule has 2 saturated carbocycles. The number of aromatic nitrogens is 5. The highest BCUT2D eigenvalue weighted by Gasteiger charge is 2.33. The molecular formula is C30H35N7O3. The summed E-state index contributed by atoms with van der Waals surface area (Å²) in [5, 5.41) is 20.8. The number of fused-ring (bicyclic) bond motifs is 7. The van der Waals surface area contributed by atoms with E-state index in [1.54, 1.807) is 23.0 Å². The highest BCUT2D eigenvalue weighted by atomic mass is 16.5. The van der Waals surface area contributed by atoms with Crippen LogP contribution in [0.5, 0.6) is 5.88 Å². The van der Waals surface area contributed by atoms with Gasteiger partial charge in [-0.2, -0.15) is 5.10 Å². The monoisotopic (exact) mass is 541 g/mol. The Kier molecular flexibility index (Phi) is 6.22. The number of carbonyl (C=O) groups excluding carboxylic acids is 1. The number of aliphatic hydroxyl groups excluding tert-OH is 1. The van der Waals surface area contributed by atoms with Gasteiger partial charge in [-0.05, 0) is 87.6 Å². The molecule has 2 fully saturated rings. The molecule has 4 aromatic rings. The van der Waals surface area contributed by atoms with Crippen molar-refractivity contribution in [3.05, 3.63) is 47.8 Å². The predicted molar refractivity (Wildman–Crippen MR) is 152 cm³/mol. The molecule has 0 spiro atoms. The summed E-state index contributed by atoms with van der Waals surface area (Å²) in [7, 11) is 1.86. The lowest BCUT2D eigenvalue weighted by molar-refractivity contribution is 0.0836. The molecule has 10 heteroatoms. The van der Waals surface area contributed by atoms with Crippen molar-refractivity contribution < 1.29 is 14.6 Å². The van der Waals surface area contributed by atoms with Crippen LogP contribution in [0.15, 0.2) is 36.5 Å². The van der Waals surface area contributed by atoms with Crippen molar-refractivity contribution in [2.24, 2.45) is 18.9 Å². The van der Waals surface area contributed by atoms with Crippen molar-refractivity contribution in [1.82, 2.24) is 24.3 Å². The molecule has 1 aromatic carbocycles. The SMILES string of the molecule is Cc1cc2cc(n1)-c1cnn(C)c1OCCC[C@@H](C1CC1)Cn1c(nc3ccc(NC4CC(O)C4)cc31)NC2=O. The maximum atomic E-state index is 13.7. The van der Waals surface area contributed by atoms with E-state index in [-0.39, 0.29) is 18.1 Å². The van der Waals surface area contributed by atoms with Crippen molar-refractivity contribution in [1.29, 1.82) is 0 Å². The van der Waals surface area contributed by atoms with Gasteiger partial charge in [-0.1, -0.05) is 0 Å². The van der Waals surface area contributed by atoms with Crippen LogP contribution in [0, 0.1) is 18.8 Å². The molecule has 3 aromatic heterocycles. The fraction of sp³-hybridized carbons (Fsp3) is 0.467. The molecule has 1 amide bonds. The Morgan fingerprint density at radius 3 is 2.75 bits per heavy atom. The summed E-state index contributed by atoms with van der Waals surface area (Å²) in [5.41, 5.74) is 5.53. The lowest BCUT2D eigenvalue weighted by Crippen LogP contribution is -2.38. The van der Waals surface area contributed by atoms with E-state index in [1.807, 2.05) is 26.1 Å². The third-order valence-corrected chi connectivity index (χ3v) is 8.50. The molecule has 0 radical (unpaired) electrons. The van der Waals surface area contributed by atoms with E-state index in [0.717, 1.165) is 60.2 Å². The molecule has 0 saturated heterocycles. The van der Waals surface area contributed by atoms with Crippen LogP contribution in [0.25, 0.3) is 22.3 Å². The summed E-state index contributed by atoms with van der Waals surface area (Å²) in [6, 6.07) is 10.0. The highest BCUT2D eigenvalue weighted by Crippen LogP contribution is 2.41. The first kappa shape index (κ1) is 25.1. The Morgan fingerprint density at radius 1 is 1.10 bits per heavy atom. The molecule has 1 atom stereocenters. The van der Waals surface area contributed by atoms with Gasteiger partial charge < -0.3 is 19.7 Å². The van der Waals surface area contributed by atoms with E-state index in [0.29, 0.717) is 41.5 Å². The number of rotatable bonds is 3. The number of nitrogens with one attached hydrogen (secondary N) is 2. The number of nitrogens with zero attached hydrogens (tertiary/aromatic N) is 5. The Hall–Kier alpha value is -3.92. The summed E-state index contributed by atoms with van der Waals surface area (Å²) >= 11 is 0. The molecule has 2 aliphatic carbocycles. The van der Waals surface area contributed by atoms with Crippen LogP contribution < -0.4 is 15.4 Å². The van der Waals surface area contributed by atoms with Crippen LogP contribution in [0.3, 0.4) is 0 Å². The normalized spacial score (nSPS) is 23.2. The summed E-state index contributed by atoms with van der Waals surface area (Å²) in [6.07, 6.45) is 7.47. The highest BCUT2D eigenvalue weighted by molar-refractivity contribution is 6.05.